The van der Waals surface area contributed by atoms with Gasteiger partial charge in [0.25, 0.3) is 0 Å². The normalized spacial score (nSPS) is 10.5. The Hall–Kier alpha value is -0.320. The van der Waals surface area contributed by atoms with Crippen LogP contribution in [0.5, 0.6) is 5.75 Å². The Bertz CT molecular complexity index is 306. The zero-order chi connectivity index (χ0) is 10.0. The van der Waals surface area contributed by atoms with Gasteiger partial charge in [-0.3, -0.25) is 0 Å². The molecule has 72 valence electrons. The van der Waals surface area contributed by atoms with Crippen molar-refractivity contribution in [2.75, 3.05) is 7.05 Å². The van der Waals surface area contributed by atoms with Crippen LogP contribution in [0.1, 0.15) is 5.56 Å². The number of phenols is 1. The molecule has 0 radical (unpaired) electrons. The quantitative estimate of drug-likeness (QED) is 0.808. The van der Waals surface area contributed by atoms with Crippen molar-refractivity contribution in [3.8, 4) is 5.75 Å². The monoisotopic (exact) mass is 267 g/mol. The van der Waals surface area contributed by atoms with E-state index in [-0.39, 0.29) is 10.8 Å². The van der Waals surface area contributed by atoms with Crippen molar-refractivity contribution in [1.29, 1.82) is 0 Å². The van der Waals surface area contributed by atoms with Gasteiger partial charge in [0.1, 0.15) is 11.6 Å². The summed E-state index contributed by atoms with van der Waals surface area (Å²) in [5, 5.41) is 12.2. The van der Waals surface area contributed by atoms with Gasteiger partial charge in [-0.1, -0.05) is 11.6 Å². The third-order valence-corrected chi connectivity index (χ3v) is 2.61. The Balaban J connectivity index is 3.28. The summed E-state index contributed by atoms with van der Waals surface area (Å²) in [6, 6.07) is 1.14. The highest BCUT2D eigenvalue weighted by molar-refractivity contribution is 9.10. The first-order chi connectivity index (χ1) is 6.07. The van der Waals surface area contributed by atoms with Crippen LogP contribution in [0.25, 0.3) is 0 Å². The second kappa shape index (κ2) is 4.26. The molecule has 0 bridgehead atoms. The van der Waals surface area contributed by atoms with Gasteiger partial charge in [0, 0.05) is 12.1 Å². The lowest BCUT2D eigenvalue weighted by molar-refractivity contribution is 0.460. The van der Waals surface area contributed by atoms with Crippen molar-refractivity contribution in [1.82, 2.24) is 5.32 Å². The van der Waals surface area contributed by atoms with Crippen LogP contribution in [-0.4, -0.2) is 12.2 Å². The molecule has 0 aliphatic carbocycles. The van der Waals surface area contributed by atoms with Crippen molar-refractivity contribution < 1.29 is 9.50 Å². The van der Waals surface area contributed by atoms with E-state index < -0.39 is 5.82 Å². The van der Waals surface area contributed by atoms with Crippen LogP contribution >= 0.6 is 27.5 Å². The molecule has 13 heavy (non-hydrogen) atoms. The molecule has 0 atom stereocenters. The van der Waals surface area contributed by atoms with E-state index in [0.29, 0.717) is 16.6 Å². The molecular weight excluding hydrogens is 260 g/mol. The maximum Gasteiger partial charge on any atom is 0.143 e. The van der Waals surface area contributed by atoms with E-state index in [9.17, 15) is 9.50 Å². The zero-order valence-corrected chi connectivity index (χ0v) is 9.21. The smallest absolute Gasteiger partial charge is 0.143 e. The predicted octanol–water partition coefficient (Wildman–Crippen LogP) is 2.67. The van der Waals surface area contributed by atoms with Crippen molar-refractivity contribution >= 4 is 27.5 Å². The molecule has 2 nitrogen and oxygen atoms in total. The number of rotatable bonds is 2. The van der Waals surface area contributed by atoms with Crippen molar-refractivity contribution in [3.63, 3.8) is 0 Å². The molecule has 1 rings (SSSR count). The molecule has 0 saturated heterocycles. The molecule has 2 N–H and O–H groups in total. The first kappa shape index (κ1) is 10.8. The average molecular weight is 269 g/mol. The average Bonchev–Trinajstić information content (AvgIpc) is 2.09. The molecule has 5 heteroatoms. The van der Waals surface area contributed by atoms with Crippen LogP contribution < -0.4 is 5.32 Å². The minimum atomic E-state index is -0.545. The zero-order valence-electron chi connectivity index (χ0n) is 6.87. The molecule has 0 aliphatic rings. The second-order valence-corrected chi connectivity index (χ2v) is 3.74. The largest absolute Gasteiger partial charge is 0.506 e. The van der Waals surface area contributed by atoms with Gasteiger partial charge in [-0.25, -0.2) is 4.39 Å². The third-order valence-electron chi connectivity index (χ3n) is 1.59. The van der Waals surface area contributed by atoms with Gasteiger partial charge >= 0.3 is 0 Å². The number of aromatic hydroxyl groups is 1. The summed E-state index contributed by atoms with van der Waals surface area (Å²) in [6.07, 6.45) is 0. The summed E-state index contributed by atoms with van der Waals surface area (Å²) in [6.45, 7) is 0.320. The van der Waals surface area contributed by atoms with Crippen molar-refractivity contribution in [2.24, 2.45) is 0 Å². The number of halogens is 3. The molecule has 0 heterocycles. The van der Waals surface area contributed by atoms with Gasteiger partial charge < -0.3 is 10.4 Å². The van der Waals surface area contributed by atoms with E-state index in [1.807, 2.05) is 0 Å². The highest BCUT2D eigenvalue weighted by Gasteiger charge is 2.14. The lowest BCUT2D eigenvalue weighted by Crippen LogP contribution is -2.06. The topological polar surface area (TPSA) is 32.3 Å². The summed E-state index contributed by atoms with van der Waals surface area (Å²) in [7, 11) is 1.69. The van der Waals surface area contributed by atoms with Crippen LogP contribution in [0.15, 0.2) is 10.5 Å². The lowest BCUT2D eigenvalue weighted by Gasteiger charge is -2.08. The van der Waals surface area contributed by atoms with Crippen molar-refractivity contribution in [3.05, 3.63) is 26.9 Å². The van der Waals surface area contributed by atoms with Gasteiger partial charge in [0.15, 0.2) is 0 Å². The molecule has 0 fully saturated rings. The molecule has 0 saturated carbocycles. The Morgan fingerprint density at radius 3 is 2.85 bits per heavy atom. The SMILES string of the molecule is CNCc1c(O)c(Br)cc(F)c1Cl. The van der Waals surface area contributed by atoms with Gasteiger partial charge in [0.2, 0.25) is 0 Å². The standard InChI is InChI=1S/C8H8BrClFNO/c1-12-3-4-7(10)6(11)2-5(9)8(4)13/h2,12-13H,3H2,1H3. The van der Waals surface area contributed by atoms with E-state index in [1.54, 1.807) is 7.05 Å². The molecule has 0 aliphatic heterocycles. The van der Waals surface area contributed by atoms with Crippen LogP contribution in [0.4, 0.5) is 4.39 Å². The van der Waals surface area contributed by atoms with E-state index in [2.05, 4.69) is 21.2 Å². The van der Waals surface area contributed by atoms with Gasteiger partial charge in [-0.2, -0.15) is 0 Å². The van der Waals surface area contributed by atoms with E-state index >= 15 is 0 Å². The Labute approximate surface area is 88.8 Å². The Morgan fingerprint density at radius 2 is 2.31 bits per heavy atom. The molecule has 1 aromatic carbocycles. The third kappa shape index (κ3) is 2.13. The number of hydrogen-bond donors (Lipinski definition) is 2. The van der Waals surface area contributed by atoms with Crippen LogP contribution in [-0.2, 0) is 6.54 Å². The fourth-order valence-electron chi connectivity index (χ4n) is 0.973. The lowest BCUT2D eigenvalue weighted by atomic mass is 10.2. The van der Waals surface area contributed by atoms with Gasteiger partial charge in [-0.05, 0) is 29.0 Å². The molecule has 0 aromatic heterocycles. The van der Waals surface area contributed by atoms with Crippen LogP contribution in [0.2, 0.25) is 5.02 Å². The van der Waals surface area contributed by atoms with Crippen LogP contribution in [0, 0.1) is 5.82 Å². The minimum absolute atomic E-state index is 0.0271. The first-order valence-electron chi connectivity index (χ1n) is 3.58. The van der Waals surface area contributed by atoms with Gasteiger partial charge in [0.05, 0.1) is 9.50 Å². The maximum atomic E-state index is 13.0. The summed E-state index contributed by atoms with van der Waals surface area (Å²) in [4.78, 5) is 0. The van der Waals surface area contributed by atoms with E-state index in [0.717, 1.165) is 6.07 Å². The predicted molar refractivity (Wildman–Crippen MR) is 53.5 cm³/mol. The summed E-state index contributed by atoms with van der Waals surface area (Å²) in [5.74, 6) is -0.572. The Kier molecular flexibility index (Phi) is 3.53. The molecule has 1 aromatic rings. The number of phenolic OH excluding ortho intramolecular Hbond substituents is 1. The fraction of sp³-hybridized carbons (Fsp3) is 0.250. The molecule has 0 spiro atoms. The second-order valence-electron chi connectivity index (χ2n) is 2.51. The summed E-state index contributed by atoms with van der Waals surface area (Å²) >= 11 is 8.68. The van der Waals surface area contributed by atoms with Crippen molar-refractivity contribution in [2.45, 2.75) is 6.54 Å². The minimum Gasteiger partial charge on any atom is -0.506 e. The first-order valence-corrected chi connectivity index (χ1v) is 4.75. The number of nitrogens with one attached hydrogen (secondary N) is 1. The highest BCUT2D eigenvalue weighted by Crippen LogP contribution is 2.35. The van der Waals surface area contributed by atoms with E-state index in [1.165, 1.54) is 0 Å². The summed E-state index contributed by atoms with van der Waals surface area (Å²) in [5.41, 5.74) is 0.357. The van der Waals surface area contributed by atoms with Crippen LogP contribution in [0.3, 0.4) is 0 Å². The number of benzene rings is 1. The Morgan fingerprint density at radius 1 is 1.69 bits per heavy atom. The fourth-order valence-corrected chi connectivity index (χ4v) is 1.62. The highest BCUT2D eigenvalue weighted by atomic mass is 79.9. The molecule has 0 amide bonds. The number of hydrogen-bond acceptors (Lipinski definition) is 2. The molecule has 0 unspecified atom stereocenters. The maximum absolute atomic E-state index is 13.0. The van der Waals surface area contributed by atoms with Gasteiger partial charge in [-0.15, -0.1) is 0 Å². The van der Waals surface area contributed by atoms with E-state index in [4.69, 9.17) is 11.6 Å². The summed E-state index contributed by atoms with van der Waals surface area (Å²) < 4.78 is 13.3. The molecular formula is C8H8BrClFNO.